The van der Waals surface area contributed by atoms with Crippen molar-refractivity contribution in [3.63, 3.8) is 0 Å². The van der Waals surface area contributed by atoms with Gasteiger partial charge >= 0.3 is 0 Å². The molecule has 0 radical (unpaired) electrons. The third-order valence-electron chi connectivity index (χ3n) is 6.49. The molecule has 3 heterocycles. The van der Waals surface area contributed by atoms with Gasteiger partial charge < -0.3 is 10.2 Å². The first-order chi connectivity index (χ1) is 15.7. The summed E-state index contributed by atoms with van der Waals surface area (Å²) in [5.41, 5.74) is 2.84. The molecule has 0 spiro atoms. The maximum Gasteiger partial charge on any atom is 0.248 e. The van der Waals surface area contributed by atoms with Crippen LogP contribution >= 0.6 is 0 Å². The fourth-order valence-corrected chi connectivity index (χ4v) is 6.74. The summed E-state index contributed by atoms with van der Waals surface area (Å²) in [6.45, 7) is 6.80. The van der Waals surface area contributed by atoms with Gasteiger partial charge in [0.25, 0.3) is 0 Å². The second-order valence-electron chi connectivity index (χ2n) is 8.68. The van der Waals surface area contributed by atoms with E-state index in [2.05, 4.69) is 10.4 Å². The predicted octanol–water partition coefficient (Wildman–Crippen LogP) is 1.63. The van der Waals surface area contributed by atoms with Crippen LogP contribution in [0.15, 0.2) is 29.2 Å². The number of amides is 2. The molecule has 0 unspecified atom stereocenters. The van der Waals surface area contributed by atoms with Gasteiger partial charge in [-0.05, 0) is 51.7 Å². The van der Waals surface area contributed by atoms with Gasteiger partial charge in [-0.25, -0.2) is 8.42 Å². The lowest BCUT2D eigenvalue weighted by molar-refractivity contribution is -0.126. The summed E-state index contributed by atoms with van der Waals surface area (Å²) < 4.78 is 29.9. The van der Waals surface area contributed by atoms with Crippen molar-refractivity contribution < 1.29 is 18.0 Å². The number of para-hydroxylation sites is 1. The van der Waals surface area contributed by atoms with E-state index in [4.69, 9.17) is 0 Å². The van der Waals surface area contributed by atoms with Gasteiger partial charge in [0.05, 0.1) is 17.3 Å². The van der Waals surface area contributed by atoms with Crippen LogP contribution in [0.3, 0.4) is 0 Å². The number of sulfonamides is 1. The third-order valence-corrected chi connectivity index (χ3v) is 8.61. The quantitative estimate of drug-likeness (QED) is 0.687. The van der Waals surface area contributed by atoms with Crippen LogP contribution in [0.1, 0.15) is 36.7 Å². The molecule has 4 rings (SSSR count). The van der Waals surface area contributed by atoms with Crippen LogP contribution in [0, 0.1) is 19.8 Å². The summed E-state index contributed by atoms with van der Waals surface area (Å²) in [4.78, 5) is 27.2. The van der Waals surface area contributed by atoms with Crippen molar-refractivity contribution in [2.75, 3.05) is 31.1 Å². The van der Waals surface area contributed by atoms with Crippen molar-refractivity contribution in [2.45, 2.75) is 51.5 Å². The molecule has 2 aliphatic heterocycles. The molecule has 2 amide bonds. The number of hydrogen-bond donors (Lipinski definition) is 1. The number of nitrogens with one attached hydrogen (secondary N) is 1. The Balaban J connectivity index is 1.55. The summed E-state index contributed by atoms with van der Waals surface area (Å²) in [6.07, 6.45) is 2.10. The number of aryl methyl sites for hydroxylation is 1. The van der Waals surface area contributed by atoms with Crippen molar-refractivity contribution >= 4 is 27.5 Å². The van der Waals surface area contributed by atoms with Crippen molar-refractivity contribution in [3.05, 3.63) is 41.2 Å². The van der Waals surface area contributed by atoms with E-state index < -0.39 is 10.0 Å². The average molecular weight is 474 g/mol. The monoisotopic (exact) mass is 473 g/mol. The number of anilines is 1. The molecule has 0 aliphatic carbocycles. The predicted molar refractivity (Wildman–Crippen MR) is 124 cm³/mol. The van der Waals surface area contributed by atoms with E-state index in [9.17, 15) is 18.0 Å². The largest absolute Gasteiger partial charge is 0.356 e. The molecule has 1 saturated heterocycles. The lowest BCUT2D eigenvalue weighted by Gasteiger charge is -2.31. The van der Waals surface area contributed by atoms with Crippen LogP contribution in [-0.2, 0) is 32.6 Å². The molecule has 178 valence electrons. The first kappa shape index (κ1) is 23.4. The molecule has 1 N–H and O–H groups in total. The highest BCUT2D eigenvalue weighted by molar-refractivity contribution is 7.89. The van der Waals surface area contributed by atoms with Crippen LogP contribution in [-0.4, -0.2) is 60.5 Å². The standard InChI is InChI=1S/C23H31N5O4S/c1-4-24-23(30)19-9-7-12-26(14-19)33(31,32)22-16(2)25-28(17(22)3)15-21(29)27-13-11-18-8-5-6-10-20(18)27/h5-6,8,10,19H,4,7,9,11-15H2,1-3H3,(H,24,30)/t19-/m1/s1. The van der Waals surface area contributed by atoms with Crippen molar-refractivity contribution in [1.29, 1.82) is 0 Å². The fourth-order valence-electron chi connectivity index (χ4n) is 4.84. The number of carbonyl (C=O) groups is 2. The first-order valence-corrected chi connectivity index (χ1v) is 12.9. The van der Waals surface area contributed by atoms with Gasteiger partial charge in [0.1, 0.15) is 11.4 Å². The minimum atomic E-state index is -3.84. The molecule has 33 heavy (non-hydrogen) atoms. The fraction of sp³-hybridized carbons (Fsp3) is 0.522. The zero-order chi connectivity index (χ0) is 23.8. The SMILES string of the molecule is CCNC(=O)[C@@H]1CCCN(S(=O)(=O)c2c(C)nn(CC(=O)N3CCc4ccccc43)c2C)C1. The Morgan fingerprint density at radius 3 is 2.70 bits per heavy atom. The lowest BCUT2D eigenvalue weighted by Crippen LogP contribution is -2.45. The van der Waals surface area contributed by atoms with E-state index in [0.29, 0.717) is 43.9 Å². The summed E-state index contributed by atoms with van der Waals surface area (Å²) in [6, 6.07) is 7.81. The van der Waals surface area contributed by atoms with Gasteiger partial charge in [-0.1, -0.05) is 18.2 Å². The average Bonchev–Trinajstić information content (AvgIpc) is 3.34. The molecule has 2 aromatic rings. The van der Waals surface area contributed by atoms with E-state index in [1.807, 2.05) is 31.2 Å². The van der Waals surface area contributed by atoms with Gasteiger partial charge in [0, 0.05) is 31.9 Å². The zero-order valence-corrected chi connectivity index (χ0v) is 20.2. The topological polar surface area (TPSA) is 105 Å². The Labute approximate surface area is 194 Å². The molecule has 2 aliphatic rings. The maximum absolute atomic E-state index is 13.5. The highest BCUT2D eigenvalue weighted by atomic mass is 32.2. The highest BCUT2D eigenvalue weighted by Gasteiger charge is 2.36. The van der Waals surface area contributed by atoms with Crippen LogP contribution in [0.2, 0.25) is 0 Å². The molecule has 0 saturated carbocycles. The van der Waals surface area contributed by atoms with E-state index in [0.717, 1.165) is 17.7 Å². The van der Waals surface area contributed by atoms with Crippen molar-refractivity contribution in [3.8, 4) is 0 Å². The van der Waals surface area contributed by atoms with Crippen molar-refractivity contribution in [1.82, 2.24) is 19.4 Å². The third kappa shape index (κ3) is 4.41. The Bertz CT molecular complexity index is 1170. The number of aromatic nitrogens is 2. The number of piperidine rings is 1. The van der Waals surface area contributed by atoms with Gasteiger partial charge in [-0.3, -0.25) is 14.3 Å². The van der Waals surface area contributed by atoms with Gasteiger partial charge in [-0.2, -0.15) is 9.40 Å². The number of nitrogens with zero attached hydrogens (tertiary/aromatic N) is 4. The molecular formula is C23H31N5O4S. The van der Waals surface area contributed by atoms with Crippen LogP contribution in [0.4, 0.5) is 5.69 Å². The van der Waals surface area contributed by atoms with Crippen LogP contribution in [0.5, 0.6) is 0 Å². The molecule has 0 bridgehead atoms. The van der Waals surface area contributed by atoms with E-state index in [1.54, 1.807) is 18.7 Å². The first-order valence-electron chi connectivity index (χ1n) is 11.4. The minimum Gasteiger partial charge on any atom is -0.356 e. The minimum absolute atomic E-state index is 0.0297. The number of benzene rings is 1. The van der Waals surface area contributed by atoms with Gasteiger partial charge in [0.15, 0.2) is 0 Å². The lowest BCUT2D eigenvalue weighted by atomic mass is 9.99. The van der Waals surface area contributed by atoms with Gasteiger partial charge in [-0.15, -0.1) is 0 Å². The number of rotatable bonds is 6. The highest BCUT2D eigenvalue weighted by Crippen LogP contribution is 2.30. The van der Waals surface area contributed by atoms with E-state index in [-0.39, 0.29) is 35.7 Å². The number of carbonyl (C=O) groups excluding carboxylic acids is 2. The Kier molecular flexibility index (Phi) is 6.58. The van der Waals surface area contributed by atoms with Crippen LogP contribution < -0.4 is 10.2 Å². The van der Waals surface area contributed by atoms with E-state index >= 15 is 0 Å². The summed E-state index contributed by atoms with van der Waals surface area (Å²) in [5.74, 6) is -0.595. The smallest absolute Gasteiger partial charge is 0.248 e. The second-order valence-corrected chi connectivity index (χ2v) is 10.6. The Morgan fingerprint density at radius 2 is 1.94 bits per heavy atom. The van der Waals surface area contributed by atoms with Crippen molar-refractivity contribution in [2.24, 2.45) is 5.92 Å². The maximum atomic E-state index is 13.5. The van der Waals surface area contributed by atoms with E-state index in [1.165, 1.54) is 8.99 Å². The molecular weight excluding hydrogens is 442 g/mol. The number of fused-ring (bicyclic) bond motifs is 1. The zero-order valence-electron chi connectivity index (χ0n) is 19.4. The molecule has 10 heteroatoms. The summed E-state index contributed by atoms with van der Waals surface area (Å²) in [7, 11) is -3.84. The summed E-state index contributed by atoms with van der Waals surface area (Å²) >= 11 is 0. The molecule has 1 atom stereocenters. The molecule has 1 aromatic carbocycles. The van der Waals surface area contributed by atoms with Gasteiger partial charge in [0.2, 0.25) is 21.8 Å². The normalized spacial score (nSPS) is 18.9. The number of hydrogen-bond acceptors (Lipinski definition) is 5. The second kappa shape index (κ2) is 9.26. The molecule has 9 nitrogen and oxygen atoms in total. The summed E-state index contributed by atoms with van der Waals surface area (Å²) in [5, 5.41) is 7.20. The molecule has 1 aromatic heterocycles. The van der Waals surface area contributed by atoms with Crippen LogP contribution in [0.25, 0.3) is 0 Å². The Hall–Kier alpha value is -2.72. The molecule has 1 fully saturated rings. The Morgan fingerprint density at radius 1 is 1.18 bits per heavy atom.